The molecule has 0 saturated heterocycles. The van der Waals surface area contributed by atoms with Crippen molar-refractivity contribution >= 4 is 66.7 Å². The maximum absolute atomic E-state index is 11.4. The quantitative estimate of drug-likeness (QED) is 0.592. The third-order valence-corrected chi connectivity index (χ3v) is 5.20. The second-order valence-corrected chi connectivity index (χ2v) is 6.73. The normalized spacial score (nSPS) is 11.2. The number of benzene rings is 1. The number of aromatic nitrogens is 1. The first-order chi connectivity index (χ1) is 9.47. The molecule has 102 valence electrons. The molecule has 0 fully saturated rings. The van der Waals surface area contributed by atoms with Gasteiger partial charge in [-0.25, -0.2) is 4.79 Å². The number of rotatable bonds is 2. The highest BCUT2D eigenvalue weighted by Crippen LogP contribution is 2.41. The second-order valence-electron chi connectivity index (χ2n) is 4.13. The lowest BCUT2D eigenvalue weighted by molar-refractivity contribution is 0.0692. The predicted molar refractivity (Wildman–Crippen MR) is 86.3 cm³/mol. The van der Waals surface area contributed by atoms with Crippen molar-refractivity contribution < 1.29 is 9.90 Å². The van der Waals surface area contributed by atoms with E-state index in [2.05, 4.69) is 20.9 Å². The lowest BCUT2D eigenvalue weighted by atomic mass is 10.1. The summed E-state index contributed by atoms with van der Waals surface area (Å²) in [5, 5.41) is 12.2. The van der Waals surface area contributed by atoms with Crippen LogP contribution in [0.25, 0.3) is 21.3 Å². The molecule has 0 atom stereocenters. The van der Waals surface area contributed by atoms with E-state index in [1.807, 2.05) is 5.38 Å². The van der Waals surface area contributed by atoms with E-state index in [9.17, 15) is 9.90 Å². The van der Waals surface area contributed by atoms with Gasteiger partial charge in [0, 0.05) is 21.0 Å². The maximum atomic E-state index is 11.4. The molecule has 2 heterocycles. The highest BCUT2D eigenvalue weighted by Gasteiger charge is 2.21. The van der Waals surface area contributed by atoms with Crippen LogP contribution < -0.4 is 0 Å². The van der Waals surface area contributed by atoms with E-state index >= 15 is 0 Å². The summed E-state index contributed by atoms with van der Waals surface area (Å²) in [6, 6.07) is 5.02. The lowest BCUT2D eigenvalue weighted by Crippen LogP contribution is -1.98. The van der Waals surface area contributed by atoms with Crippen molar-refractivity contribution in [2.45, 2.75) is 0 Å². The SMILES string of the molecule is O=C(O)c1[nH]c2c(Br)csc2c1-c1cc(Cl)cc(Cl)c1. The van der Waals surface area contributed by atoms with Gasteiger partial charge in [0.15, 0.2) is 0 Å². The van der Waals surface area contributed by atoms with Crippen molar-refractivity contribution in [1.82, 2.24) is 4.98 Å². The van der Waals surface area contributed by atoms with Gasteiger partial charge in [0.05, 0.1) is 14.7 Å². The number of carboxylic acid groups (broad SMARTS) is 1. The summed E-state index contributed by atoms with van der Waals surface area (Å²) in [6.45, 7) is 0. The zero-order valence-electron chi connectivity index (χ0n) is 9.71. The van der Waals surface area contributed by atoms with Gasteiger partial charge >= 0.3 is 5.97 Å². The molecule has 3 aromatic rings. The molecule has 0 aliphatic carbocycles. The van der Waals surface area contributed by atoms with Gasteiger partial charge in [-0.2, -0.15) is 0 Å². The molecule has 3 nitrogen and oxygen atoms in total. The molecule has 0 spiro atoms. The minimum atomic E-state index is -1.02. The number of hydrogen-bond acceptors (Lipinski definition) is 2. The number of aromatic amines is 1. The van der Waals surface area contributed by atoms with E-state index < -0.39 is 5.97 Å². The Kier molecular flexibility index (Phi) is 3.54. The zero-order valence-corrected chi connectivity index (χ0v) is 13.6. The number of carbonyl (C=O) groups is 1. The zero-order chi connectivity index (χ0) is 14.4. The number of nitrogens with one attached hydrogen (secondary N) is 1. The minimum Gasteiger partial charge on any atom is -0.477 e. The maximum Gasteiger partial charge on any atom is 0.353 e. The fourth-order valence-electron chi connectivity index (χ4n) is 2.07. The average molecular weight is 391 g/mol. The van der Waals surface area contributed by atoms with E-state index in [1.165, 1.54) is 11.3 Å². The molecule has 1 aromatic carbocycles. The minimum absolute atomic E-state index is 0.130. The van der Waals surface area contributed by atoms with Crippen LogP contribution in [0.2, 0.25) is 10.0 Å². The van der Waals surface area contributed by atoms with Crippen LogP contribution in [0, 0.1) is 0 Å². The molecule has 0 aliphatic rings. The van der Waals surface area contributed by atoms with Crippen LogP contribution in [0.15, 0.2) is 28.1 Å². The monoisotopic (exact) mass is 389 g/mol. The van der Waals surface area contributed by atoms with Crippen LogP contribution in [-0.4, -0.2) is 16.1 Å². The molecule has 0 bridgehead atoms. The number of thiophene rings is 1. The highest BCUT2D eigenvalue weighted by atomic mass is 79.9. The van der Waals surface area contributed by atoms with Gasteiger partial charge in [-0.05, 0) is 39.7 Å². The number of carboxylic acids is 1. The van der Waals surface area contributed by atoms with Gasteiger partial charge in [-0.1, -0.05) is 23.2 Å². The summed E-state index contributed by atoms with van der Waals surface area (Å²) in [7, 11) is 0. The molecule has 2 aromatic heterocycles. The Morgan fingerprint density at radius 1 is 1.25 bits per heavy atom. The number of H-pyrrole nitrogens is 1. The van der Waals surface area contributed by atoms with Gasteiger partial charge in [0.1, 0.15) is 5.69 Å². The molecular formula is C13H6BrCl2NO2S. The summed E-state index contributed by atoms with van der Waals surface area (Å²) in [4.78, 5) is 14.4. The Labute approximate surface area is 136 Å². The van der Waals surface area contributed by atoms with Gasteiger partial charge in [-0.3, -0.25) is 0 Å². The van der Waals surface area contributed by atoms with Gasteiger partial charge < -0.3 is 10.1 Å². The molecular weight excluding hydrogens is 385 g/mol. The van der Waals surface area contributed by atoms with E-state index in [4.69, 9.17) is 23.2 Å². The van der Waals surface area contributed by atoms with Crippen molar-refractivity contribution in [3.8, 4) is 11.1 Å². The summed E-state index contributed by atoms with van der Waals surface area (Å²) in [5.41, 5.74) is 2.18. The fourth-order valence-corrected chi connectivity index (χ4v) is 4.26. The Morgan fingerprint density at radius 2 is 1.90 bits per heavy atom. The van der Waals surface area contributed by atoms with Gasteiger partial charge in [0.2, 0.25) is 0 Å². The summed E-state index contributed by atoms with van der Waals surface area (Å²) in [5.74, 6) is -1.02. The molecule has 0 unspecified atom stereocenters. The third kappa shape index (κ3) is 2.24. The van der Waals surface area contributed by atoms with Gasteiger partial charge in [0.25, 0.3) is 0 Å². The summed E-state index contributed by atoms with van der Waals surface area (Å²) in [6.07, 6.45) is 0. The Hall–Kier alpha value is -1.01. The van der Waals surface area contributed by atoms with Crippen LogP contribution in [-0.2, 0) is 0 Å². The first kappa shape index (κ1) is 13.9. The molecule has 3 rings (SSSR count). The van der Waals surface area contributed by atoms with Crippen molar-refractivity contribution in [3.63, 3.8) is 0 Å². The molecule has 0 amide bonds. The summed E-state index contributed by atoms with van der Waals surface area (Å²) < 4.78 is 1.69. The Morgan fingerprint density at radius 3 is 2.50 bits per heavy atom. The van der Waals surface area contributed by atoms with Gasteiger partial charge in [-0.15, -0.1) is 11.3 Å². The predicted octanol–water partition coefficient (Wildman–Crippen LogP) is 5.66. The molecule has 0 radical (unpaired) electrons. The largest absolute Gasteiger partial charge is 0.477 e. The van der Waals surface area contributed by atoms with Crippen molar-refractivity contribution in [2.24, 2.45) is 0 Å². The van der Waals surface area contributed by atoms with Crippen LogP contribution >= 0.6 is 50.5 Å². The first-order valence-corrected chi connectivity index (χ1v) is 7.88. The van der Waals surface area contributed by atoms with Crippen molar-refractivity contribution in [2.75, 3.05) is 0 Å². The number of halogens is 3. The van der Waals surface area contributed by atoms with Crippen LogP contribution in [0.4, 0.5) is 0 Å². The van der Waals surface area contributed by atoms with E-state index in [0.29, 0.717) is 21.2 Å². The molecule has 7 heteroatoms. The average Bonchev–Trinajstić information content (AvgIpc) is 2.88. The Balaban J connectivity index is 2.38. The lowest BCUT2D eigenvalue weighted by Gasteiger charge is -2.03. The molecule has 2 N–H and O–H groups in total. The van der Waals surface area contributed by atoms with Crippen LogP contribution in [0.5, 0.6) is 0 Å². The van der Waals surface area contributed by atoms with Crippen LogP contribution in [0.1, 0.15) is 10.5 Å². The van der Waals surface area contributed by atoms with E-state index in [-0.39, 0.29) is 5.69 Å². The second kappa shape index (κ2) is 5.07. The van der Waals surface area contributed by atoms with Crippen molar-refractivity contribution in [1.29, 1.82) is 0 Å². The Bertz CT molecular complexity index is 820. The summed E-state index contributed by atoms with van der Waals surface area (Å²) >= 11 is 16.9. The smallest absolute Gasteiger partial charge is 0.353 e. The van der Waals surface area contributed by atoms with Crippen molar-refractivity contribution in [3.05, 3.63) is 43.8 Å². The number of aromatic carboxylic acids is 1. The molecule has 20 heavy (non-hydrogen) atoms. The topological polar surface area (TPSA) is 53.1 Å². The van der Waals surface area contributed by atoms with Crippen LogP contribution in [0.3, 0.4) is 0 Å². The fraction of sp³-hybridized carbons (Fsp3) is 0. The molecule has 0 aliphatic heterocycles. The number of fused-ring (bicyclic) bond motifs is 1. The van der Waals surface area contributed by atoms with E-state index in [0.717, 1.165) is 14.7 Å². The highest BCUT2D eigenvalue weighted by molar-refractivity contribution is 9.10. The third-order valence-electron chi connectivity index (χ3n) is 2.84. The number of hydrogen-bond donors (Lipinski definition) is 2. The molecule has 0 saturated carbocycles. The first-order valence-electron chi connectivity index (χ1n) is 5.46. The standard InChI is InChI=1S/C13H6BrCl2NO2S/c14-8-4-20-12-9(11(13(18)19)17-10(8)12)5-1-6(15)3-7(16)2-5/h1-4,17H,(H,18,19). The van der Waals surface area contributed by atoms with E-state index in [1.54, 1.807) is 18.2 Å².